The first kappa shape index (κ1) is 15.1. The van der Waals surface area contributed by atoms with E-state index in [1.54, 1.807) is 12.5 Å². The molecular formula is C16H21BrN2O. The van der Waals surface area contributed by atoms with Gasteiger partial charge in [0.15, 0.2) is 0 Å². The van der Waals surface area contributed by atoms with Crippen LogP contribution in [0.5, 0.6) is 0 Å². The Balaban J connectivity index is 2.05. The van der Waals surface area contributed by atoms with E-state index in [4.69, 9.17) is 4.42 Å². The summed E-state index contributed by atoms with van der Waals surface area (Å²) in [7, 11) is 2.08. The van der Waals surface area contributed by atoms with Gasteiger partial charge in [-0.05, 0) is 39.7 Å². The van der Waals surface area contributed by atoms with Gasteiger partial charge in [0.2, 0.25) is 0 Å². The maximum atomic E-state index is 5.11. The molecule has 0 atom stereocenters. The second-order valence-corrected chi connectivity index (χ2v) is 6.16. The number of benzene rings is 1. The smallest absolute Gasteiger partial charge is 0.0952 e. The number of hydrogen-bond donors (Lipinski definition) is 1. The summed E-state index contributed by atoms with van der Waals surface area (Å²) in [6.45, 7) is 6.03. The van der Waals surface area contributed by atoms with Gasteiger partial charge in [0, 0.05) is 36.2 Å². The van der Waals surface area contributed by atoms with Gasteiger partial charge in [-0.25, -0.2) is 0 Å². The molecule has 1 N–H and O–H groups in total. The average Bonchev–Trinajstić information content (AvgIpc) is 2.89. The number of nitrogens with one attached hydrogen (secondary N) is 1. The lowest BCUT2D eigenvalue weighted by Gasteiger charge is -2.21. The summed E-state index contributed by atoms with van der Waals surface area (Å²) < 4.78 is 6.23. The topological polar surface area (TPSA) is 28.4 Å². The van der Waals surface area contributed by atoms with Crippen molar-refractivity contribution >= 4 is 21.6 Å². The molecule has 0 radical (unpaired) electrons. The van der Waals surface area contributed by atoms with Crippen molar-refractivity contribution in [1.82, 2.24) is 5.32 Å². The maximum absolute atomic E-state index is 5.11. The predicted molar refractivity (Wildman–Crippen MR) is 86.9 cm³/mol. The third kappa shape index (κ3) is 4.12. The molecule has 1 aromatic carbocycles. The fourth-order valence-electron chi connectivity index (χ4n) is 2.03. The molecule has 0 amide bonds. The maximum Gasteiger partial charge on any atom is 0.0952 e. The highest BCUT2D eigenvalue weighted by Crippen LogP contribution is 2.27. The van der Waals surface area contributed by atoms with Gasteiger partial charge < -0.3 is 14.6 Å². The van der Waals surface area contributed by atoms with Crippen LogP contribution < -0.4 is 10.2 Å². The SMILES string of the molecule is CC(C)NCc1ccc(N(C)Cc2ccoc2)c(Br)c1. The molecule has 108 valence electrons. The summed E-state index contributed by atoms with van der Waals surface area (Å²) in [5, 5.41) is 3.43. The molecule has 0 saturated carbocycles. The Labute approximate surface area is 129 Å². The van der Waals surface area contributed by atoms with Crippen LogP contribution in [0.2, 0.25) is 0 Å². The Hall–Kier alpha value is -1.26. The molecule has 3 nitrogen and oxygen atoms in total. The summed E-state index contributed by atoms with van der Waals surface area (Å²) >= 11 is 3.67. The Morgan fingerprint density at radius 1 is 1.25 bits per heavy atom. The first-order valence-corrected chi connectivity index (χ1v) is 7.59. The minimum Gasteiger partial charge on any atom is -0.472 e. The summed E-state index contributed by atoms with van der Waals surface area (Å²) in [5.74, 6) is 0. The zero-order valence-electron chi connectivity index (χ0n) is 12.2. The van der Waals surface area contributed by atoms with Gasteiger partial charge in [-0.15, -0.1) is 0 Å². The van der Waals surface area contributed by atoms with Crippen LogP contribution in [-0.4, -0.2) is 13.1 Å². The Morgan fingerprint density at radius 3 is 2.65 bits per heavy atom. The largest absolute Gasteiger partial charge is 0.472 e. The molecule has 20 heavy (non-hydrogen) atoms. The molecule has 1 aromatic heterocycles. The average molecular weight is 337 g/mol. The van der Waals surface area contributed by atoms with Crippen molar-refractivity contribution in [3.05, 3.63) is 52.4 Å². The lowest BCUT2D eigenvalue weighted by Crippen LogP contribution is -2.22. The number of rotatable bonds is 6. The molecule has 2 aromatic rings. The summed E-state index contributed by atoms with van der Waals surface area (Å²) in [5.41, 5.74) is 3.63. The van der Waals surface area contributed by atoms with E-state index in [1.165, 1.54) is 16.8 Å². The first-order chi connectivity index (χ1) is 9.56. The fourth-order valence-corrected chi connectivity index (χ4v) is 2.76. The molecule has 0 fully saturated rings. The molecule has 1 heterocycles. The van der Waals surface area contributed by atoms with E-state index < -0.39 is 0 Å². The van der Waals surface area contributed by atoms with Crippen LogP contribution >= 0.6 is 15.9 Å². The van der Waals surface area contributed by atoms with Gasteiger partial charge in [0.25, 0.3) is 0 Å². The minimum atomic E-state index is 0.497. The molecule has 0 spiro atoms. The van der Waals surface area contributed by atoms with E-state index in [0.717, 1.165) is 17.6 Å². The lowest BCUT2D eigenvalue weighted by molar-refractivity contribution is 0.563. The number of furan rings is 1. The Morgan fingerprint density at radius 2 is 2.05 bits per heavy atom. The quantitative estimate of drug-likeness (QED) is 0.857. The monoisotopic (exact) mass is 336 g/mol. The van der Waals surface area contributed by atoms with Crippen molar-refractivity contribution < 1.29 is 4.42 Å². The van der Waals surface area contributed by atoms with E-state index in [1.807, 2.05) is 6.07 Å². The molecule has 0 bridgehead atoms. The fraction of sp³-hybridized carbons (Fsp3) is 0.375. The van der Waals surface area contributed by atoms with Gasteiger partial charge >= 0.3 is 0 Å². The minimum absolute atomic E-state index is 0.497. The number of hydrogen-bond acceptors (Lipinski definition) is 3. The zero-order chi connectivity index (χ0) is 14.5. The predicted octanol–water partition coefficient (Wildman–Crippen LogP) is 4.18. The van der Waals surface area contributed by atoms with Gasteiger partial charge in [-0.3, -0.25) is 0 Å². The van der Waals surface area contributed by atoms with Gasteiger partial charge in [0.1, 0.15) is 0 Å². The van der Waals surface area contributed by atoms with Gasteiger partial charge in [-0.1, -0.05) is 19.9 Å². The van der Waals surface area contributed by atoms with Crippen molar-refractivity contribution in [2.24, 2.45) is 0 Å². The molecular weight excluding hydrogens is 316 g/mol. The number of anilines is 1. The van der Waals surface area contributed by atoms with Crippen LogP contribution in [0.15, 0.2) is 45.7 Å². The van der Waals surface area contributed by atoms with Crippen LogP contribution in [0.1, 0.15) is 25.0 Å². The third-order valence-corrected chi connectivity index (χ3v) is 3.77. The van der Waals surface area contributed by atoms with Crippen LogP contribution in [-0.2, 0) is 13.1 Å². The normalized spacial score (nSPS) is 11.1. The Bertz CT molecular complexity index is 537. The molecule has 0 saturated heterocycles. The Kier molecular flexibility index (Phi) is 5.26. The molecule has 0 aliphatic rings. The van der Waals surface area contributed by atoms with E-state index in [0.29, 0.717) is 6.04 Å². The van der Waals surface area contributed by atoms with Crippen molar-refractivity contribution in [2.45, 2.75) is 33.0 Å². The van der Waals surface area contributed by atoms with Crippen molar-refractivity contribution in [2.75, 3.05) is 11.9 Å². The number of nitrogens with zero attached hydrogens (tertiary/aromatic N) is 1. The molecule has 0 aliphatic heterocycles. The van der Waals surface area contributed by atoms with E-state index in [-0.39, 0.29) is 0 Å². The molecule has 0 aliphatic carbocycles. The summed E-state index contributed by atoms with van der Waals surface area (Å²) in [6, 6.07) is 8.99. The standard InChI is InChI=1S/C16H21BrN2O/c1-12(2)18-9-13-4-5-16(15(17)8-13)19(3)10-14-6-7-20-11-14/h4-8,11-12,18H,9-10H2,1-3H3. The van der Waals surface area contributed by atoms with Crippen molar-refractivity contribution in [3.63, 3.8) is 0 Å². The van der Waals surface area contributed by atoms with Crippen LogP contribution in [0, 0.1) is 0 Å². The second kappa shape index (κ2) is 6.95. The first-order valence-electron chi connectivity index (χ1n) is 6.80. The third-order valence-electron chi connectivity index (χ3n) is 3.14. The molecule has 4 heteroatoms. The van der Waals surface area contributed by atoms with Gasteiger partial charge in [0.05, 0.1) is 18.2 Å². The van der Waals surface area contributed by atoms with E-state index in [9.17, 15) is 0 Å². The van der Waals surface area contributed by atoms with Crippen LogP contribution in [0.4, 0.5) is 5.69 Å². The summed E-state index contributed by atoms with van der Waals surface area (Å²) in [4.78, 5) is 2.20. The highest BCUT2D eigenvalue weighted by Gasteiger charge is 2.08. The molecule has 2 rings (SSSR count). The van der Waals surface area contributed by atoms with Gasteiger partial charge in [-0.2, -0.15) is 0 Å². The molecule has 0 unspecified atom stereocenters. The van der Waals surface area contributed by atoms with E-state index >= 15 is 0 Å². The van der Waals surface area contributed by atoms with E-state index in [2.05, 4.69) is 65.2 Å². The van der Waals surface area contributed by atoms with Crippen molar-refractivity contribution in [1.29, 1.82) is 0 Å². The van der Waals surface area contributed by atoms with Crippen molar-refractivity contribution in [3.8, 4) is 0 Å². The highest BCUT2D eigenvalue weighted by molar-refractivity contribution is 9.10. The van der Waals surface area contributed by atoms with Crippen LogP contribution in [0.3, 0.4) is 0 Å². The number of halogens is 1. The second-order valence-electron chi connectivity index (χ2n) is 5.31. The zero-order valence-corrected chi connectivity index (χ0v) is 13.8. The lowest BCUT2D eigenvalue weighted by atomic mass is 10.2. The van der Waals surface area contributed by atoms with Crippen LogP contribution in [0.25, 0.3) is 0 Å². The summed E-state index contributed by atoms with van der Waals surface area (Å²) in [6.07, 6.45) is 3.49. The highest BCUT2D eigenvalue weighted by atomic mass is 79.9.